The van der Waals surface area contributed by atoms with Crippen LogP contribution >= 0.6 is 23.7 Å². The molecular formula is C21H27ClN2OS. The summed E-state index contributed by atoms with van der Waals surface area (Å²) in [6, 6.07) is 11.2. The third kappa shape index (κ3) is 3.68. The minimum absolute atomic E-state index is 0. The molecule has 140 valence electrons. The molecular weight excluding hydrogens is 364 g/mol. The minimum Gasteiger partial charge on any atom is -0.335 e. The summed E-state index contributed by atoms with van der Waals surface area (Å²) in [5.74, 6) is 0.241. The Kier molecular flexibility index (Phi) is 6.38. The van der Waals surface area contributed by atoms with E-state index >= 15 is 0 Å². The lowest BCUT2D eigenvalue weighted by Gasteiger charge is -2.34. The van der Waals surface area contributed by atoms with Crippen LogP contribution in [0.3, 0.4) is 0 Å². The number of hydrogen-bond acceptors (Lipinski definition) is 3. The molecule has 3 nitrogen and oxygen atoms in total. The van der Waals surface area contributed by atoms with Crippen molar-refractivity contribution in [3.8, 4) is 10.4 Å². The second-order valence-electron chi connectivity index (χ2n) is 7.10. The predicted molar refractivity (Wildman–Crippen MR) is 112 cm³/mol. The Labute approximate surface area is 166 Å². The van der Waals surface area contributed by atoms with Crippen LogP contribution in [0.15, 0.2) is 30.3 Å². The second kappa shape index (κ2) is 8.55. The summed E-state index contributed by atoms with van der Waals surface area (Å²) in [5, 5.41) is 3.41. The number of nitrogens with zero attached hydrogens (tertiary/aromatic N) is 1. The number of carbonyl (C=O) groups excluding carboxylic acids is 1. The van der Waals surface area contributed by atoms with Crippen LogP contribution in [0.5, 0.6) is 0 Å². The number of nitrogens with one attached hydrogen (secondary N) is 1. The van der Waals surface area contributed by atoms with Crippen molar-refractivity contribution in [1.29, 1.82) is 0 Å². The molecule has 2 aliphatic rings. The summed E-state index contributed by atoms with van der Waals surface area (Å²) >= 11 is 1.70. The highest BCUT2D eigenvalue weighted by Crippen LogP contribution is 2.40. The zero-order chi connectivity index (χ0) is 17.2. The van der Waals surface area contributed by atoms with Gasteiger partial charge in [0.25, 0.3) is 5.91 Å². The van der Waals surface area contributed by atoms with Crippen LogP contribution in [0.2, 0.25) is 0 Å². The van der Waals surface area contributed by atoms with Crippen LogP contribution in [0.25, 0.3) is 10.4 Å². The minimum atomic E-state index is 0. The van der Waals surface area contributed by atoms with Crippen molar-refractivity contribution in [3.05, 3.63) is 46.3 Å². The van der Waals surface area contributed by atoms with Gasteiger partial charge in [0.2, 0.25) is 0 Å². The highest BCUT2D eigenvalue weighted by molar-refractivity contribution is 7.17. The number of rotatable bonds is 4. The first-order chi connectivity index (χ1) is 12.3. The molecule has 5 heteroatoms. The third-order valence-electron chi connectivity index (χ3n) is 5.42. The molecule has 0 spiro atoms. The van der Waals surface area contributed by atoms with Gasteiger partial charge in [-0.05, 0) is 68.0 Å². The molecule has 1 saturated heterocycles. The normalized spacial score (nSPS) is 16.3. The maximum Gasteiger partial charge on any atom is 0.264 e. The van der Waals surface area contributed by atoms with Crippen molar-refractivity contribution >= 4 is 29.7 Å². The molecule has 1 aromatic carbocycles. The third-order valence-corrected chi connectivity index (χ3v) is 6.62. The van der Waals surface area contributed by atoms with Crippen molar-refractivity contribution in [3.63, 3.8) is 0 Å². The van der Waals surface area contributed by atoms with Crippen molar-refractivity contribution in [2.45, 2.75) is 45.1 Å². The van der Waals surface area contributed by atoms with Gasteiger partial charge >= 0.3 is 0 Å². The Balaban J connectivity index is 0.00000196. The average molecular weight is 391 g/mol. The van der Waals surface area contributed by atoms with Gasteiger partial charge in [-0.25, -0.2) is 0 Å². The molecule has 2 heterocycles. The molecule has 1 N–H and O–H groups in total. The summed E-state index contributed by atoms with van der Waals surface area (Å²) in [7, 11) is 0. The Morgan fingerprint density at radius 2 is 1.92 bits per heavy atom. The van der Waals surface area contributed by atoms with E-state index in [-0.39, 0.29) is 18.3 Å². The van der Waals surface area contributed by atoms with E-state index in [2.05, 4.69) is 47.5 Å². The maximum atomic E-state index is 13.3. The quantitative estimate of drug-likeness (QED) is 0.831. The van der Waals surface area contributed by atoms with Crippen LogP contribution < -0.4 is 5.32 Å². The molecule has 0 saturated carbocycles. The van der Waals surface area contributed by atoms with Gasteiger partial charge in [0.15, 0.2) is 0 Å². The van der Waals surface area contributed by atoms with Crippen LogP contribution in [0, 0.1) is 0 Å². The summed E-state index contributed by atoms with van der Waals surface area (Å²) in [5.41, 5.74) is 4.10. The largest absolute Gasteiger partial charge is 0.335 e. The Hall–Kier alpha value is -1.36. The van der Waals surface area contributed by atoms with Gasteiger partial charge in [0.1, 0.15) is 0 Å². The first-order valence-electron chi connectivity index (χ1n) is 9.50. The molecule has 1 aliphatic carbocycles. The SMILES string of the molecule is CCCN(C(=O)c1cc2c(s1)-c1ccccc1CC2)C1CCNCC1.Cl. The van der Waals surface area contributed by atoms with Crippen LogP contribution in [-0.4, -0.2) is 36.5 Å². The number of benzene rings is 1. The second-order valence-corrected chi connectivity index (χ2v) is 8.15. The fourth-order valence-corrected chi connectivity index (χ4v) is 5.35. The van der Waals surface area contributed by atoms with E-state index in [1.165, 1.54) is 21.6 Å². The zero-order valence-electron chi connectivity index (χ0n) is 15.3. The number of fused-ring (bicyclic) bond motifs is 3. The molecule has 0 unspecified atom stereocenters. The molecule has 1 amide bonds. The number of hydrogen-bond donors (Lipinski definition) is 1. The van der Waals surface area contributed by atoms with Gasteiger partial charge in [0, 0.05) is 17.5 Å². The molecule has 26 heavy (non-hydrogen) atoms. The molecule has 0 radical (unpaired) electrons. The van der Waals surface area contributed by atoms with Gasteiger partial charge in [-0.1, -0.05) is 31.2 Å². The number of aryl methyl sites for hydroxylation is 2. The number of carbonyl (C=O) groups is 1. The van der Waals surface area contributed by atoms with Crippen molar-refractivity contribution in [2.75, 3.05) is 19.6 Å². The highest BCUT2D eigenvalue weighted by atomic mass is 35.5. The monoisotopic (exact) mass is 390 g/mol. The van der Waals surface area contributed by atoms with E-state index in [9.17, 15) is 4.79 Å². The highest BCUT2D eigenvalue weighted by Gasteiger charge is 2.28. The van der Waals surface area contributed by atoms with Crippen molar-refractivity contribution in [1.82, 2.24) is 10.2 Å². The van der Waals surface area contributed by atoms with Crippen LogP contribution in [0.4, 0.5) is 0 Å². The lowest BCUT2D eigenvalue weighted by atomic mass is 9.91. The van der Waals surface area contributed by atoms with E-state index in [1.807, 2.05) is 0 Å². The van der Waals surface area contributed by atoms with E-state index in [0.29, 0.717) is 6.04 Å². The van der Waals surface area contributed by atoms with Gasteiger partial charge < -0.3 is 10.2 Å². The number of piperidine rings is 1. The summed E-state index contributed by atoms with van der Waals surface area (Å²) in [6.45, 7) is 5.07. The van der Waals surface area contributed by atoms with E-state index in [4.69, 9.17) is 0 Å². The van der Waals surface area contributed by atoms with Crippen LogP contribution in [-0.2, 0) is 12.8 Å². The number of halogens is 1. The lowest BCUT2D eigenvalue weighted by molar-refractivity contribution is 0.0647. The molecule has 0 atom stereocenters. The standard InChI is InChI=1S/C21H26N2OS.ClH/c1-2-13-23(17-9-11-22-12-10-17)21(24)19-14-16-8-7-15-5-3-4-6-18(15)20(16)25-19;/h3-6,14,17,22H,2,7-13H2,1H3;1H. The fourth-order valence-electron chi connectivity index (χ4n) is 4.13. The molecule has 1 aliphatic heterocycles. The Bertz CT molecular complexity index is 767. The molecule has 0 bridgehead atoms. The number of thiophene rings is 1. The van der Waals surface area contributed by atoms with Gasteiger partial charge in [0.05, 0.1) is 4.88 Å². The van der Waals surface area contributed by atoms with Crippen molar-refractivity contribution < 1.29 is 4.79 Å². The van der Waals surface area contributed by atoms with Crippen molar-refractivity contribution in [2.24, 2.45) is 0 Å². The first kappa shape index (κ1) is 19.4. The molecule has 1 aromatic heterocycles. The average Bonchev–Trinajstić information content (AvgIpc) is 3.11. The van der Waals surface area contributed by atoms with Gasteiger partial charge in [-0.3, -0.25) is 4.79 Å². The fraction of sp³-hybridized carbons (Fsp3) is 0.476. The topological polar surface area (TPSA) is 32.3 Å². The van der Waals surface area contributed by atoms with E-state index in [1.54, 1.807) is 11.3 Å². The first-order valence-corrected chi connectivity index (χ1v) is 10.3. The predicted octanol–water partition coefficient (Wildman–Crippen LogP) is 4.54. The summed E-state index contributed by atoms with van der Waals surface area (Å²) in [4.78, 5) is 17.7. The van der Waals surface area contributed by atoms with Gasteiger partial charge in [-0.15, -0.1) is 23.7 Å². The van der Waals surface area contributed by atoms with E-state index < -0.39 is 0 Å². The number of amides is 1. The summed E-state index contributed by atoms with van der Waals surface area (Å²) < 4.78 is 0. The Morgan fingerprint density at radius 3 is 2.69 bits per heavy atom. The Morgan fingerprint density at radius 1 is 1.19 bits per heavy atom. The van der Waals surface area contributed by atoms with E-state index in [0.717, 1.165) is 56.6 Å². The summed E-state index contributed by atoms with van der Waals surface area (Å²) in [6.07, 6.45) is 5.29. The van der Waals surface area contributed by atoms with Gasteiger partial charge in [-0.2, -0.15) is 0 Å². The lowest BCUT2D eigenvalue weighted by Crippen LogP contribution is -2.46. The molecule has 1 fully saturated rings. The smallest absolute Gasteiger partial charge is 0.264 e. The maximum absolute atomic E-state index is 13.3. The van der Waals surface area contributed by atoms with Crippen LogP contribution in [0.1, 0.15) is 47.0 Å². The molecule has 2 aromatic rings. The zero-order valence-corrected chi connectivity index (χ0v) is 16.9. The molecule has 4 rings (SSSR count).